The van der Waals surface area contributed by atoms with Crippen LogP contribution in [-0.4, -0.2) is 41.1 Å². The van der Waals surface area contributed by atoms with Crippen LogP contribution in [0.15, 0.2) is 30.3 Å². The molecule has 0 saturated heterocycles. The van der Waals surface area contributed by atoms with Gasteiger partial charge in [0.25, 0.3) is 11.8 Å². The van der Waals surface area contributed by atoms with Crippen molar-refractivity contribution >= 4 is 29.3 Å². The Labute approximate surface area is 131 Å². The van der Waals surface area contributed by atoms with E-state index in [1.54, 1.807) is 24.3 Å². The Kier molecular flexibility index (Phi) is 10.1. The van der Waals surface area contributed by atoms with Crippen LogP contribution in [0.4, 0.5) is 5.69 Å². The van der Waals surface area contributed by atoms with Crippen LogP contribution in [-0.2, 0) is 19.2 Å². The van der Waals surface area contributed by atoms with Gasteiger partial charge >= 0.3 is 0 Å². The number of hydrogen-bond donors (Lipinski definition) is 6. The number of benzene rings is 1. The Hall–Kier alpha value is -2.98. The van der Waals surface area contributed by atoms with E-state index in [0.717, 1.165) is 0 Å². The lowest BCUT2D eigenvalue weighted by Gasteiger charge is -2.03. The van der Waals surface area contributed by atoms with E-state index in [4.69, 9.17) is 10.4 Å². The van der Waals surface area contributed by atoms with Crippen molar-refractivity contribution in [3.05, 3.63) is 30.3 Å². The standard InChI is InChI=1S/C9H10N2O3.C4H8N2O3/c12-8(6-9(13)11-14)10-7-4-2-1-3-5-7;1-5-3(7)2-4(8)6-9/h1-5,14H,6H2,(H,10,12)(H,11,13);9H,2H2,1H3,(H,5,7)(H,6,8). The van der Waals surface area contributed by atoms with Gasteiger partial charge in [-0.15, -0.1) is 0 Å². The molecule has 10 heteroatoms. The van der Waals surface area contributed by atoms with Gasteiger partial charge in [-0.2, -0.15) is 0 Å². The Balaban J connectivity index is 0.000000468. The van der Waals surface area contributed by atoms with E-state index in [-0.39, 0.29) is 6.42 Å². The fourth-order valence-electron chi connectivity index (χ4n) is 1.19. The first kappa shape index (κ1) is 20.0. The molecule has 0 bridgehead atoms. The number of para-hydroxylation sites is 1. The lowest BCUT2D eigenvalue weighted by molar-refractivity contribution is -0.135. The zero-order chi connectivity index (χ0) is 17.7. The first-order valence-corrected chi connectivity index (χ1v) is 6.34. The molecule has 1 aromatic rings. The Morgan fingerprint density at radius 2 is 1.30 bits per heavy atom. The molecule has 0 heterocycles. The van der Waals surface area contributed by atoms with Gasteiger partial charge in [0.05, 0.1) is 0 Å². The molecule has 6 N–H and O–H groups in total. The second-order valence-electron chi connectivity index (χ2n) is 4.01. The molecule has 0 radical (unpaired) electrons. The van der Waals surface area contributed by atoms with E-state index in [1.165, 1.54) is 18.0 Å². The number of rotatable bonds is 5. The number of nitrogens with one attached hydrogen (secondary N) is 4. The molecule has 10 nitrogen and oxygen atoms in total. The molecule has 0 saturated carbocycles. The second kappa shape index (κ2) is 11.7. The monoisotopic (exact) mass is 326 g/mol. The molecule has 0 aliphatic rings. The van der Waals surface area contributed by atoms with Crippen molar-refractivity contribution < 1.29 is 29.6 Å². The summed E-state index contributed by atoms with van der Waals surface area (Å²) in [5.74, 6) is -2.35. The van der Waals surface area contributed by atoms with E-state index in [2.05, 4.69) is 10.6 Å². The molecule has 0 fully saturated rings. The summed E-state index contributed by atoms with van der Waals surface area (Å²) in [5.41, 5.74) is 3.33. The van der Waals surface area contributed by atoms with Crippen LogP contribution in [0.25, 0.3) is 0 Å². The third-order valence-corrected chi connectivity index (χ3v) is 2.23. The summed E-state index contributed by atoms with van der Waals surface area (Å²) in [6.45, 7) is 0. The van der Waals surface area contributed by atoms with Gasteiger partial charge in [-0.1, -0.05) is 18.2 Å². The van der Waals surface area contributed by atoms with Crippen molar-refractivity contribution in [3.8, 4) is 0 Å². The highest BCUT2D eigenvalue weighted by Gasteiger charge is 2.07. The lowest BCUT2D eigenvalue weighted by Crippen LogP contribution is -2.27. The third kappa shape index (κ3) is 10.4. The second-order valence-corrected chi connectivity index (χ2v) is 4.01. The number of hydrogen-bond acceptors (Lipinski definition) is 6. The van der Waals surface area contributed by atoms with Crippen LogP contribution in [0.5, 0.6) is 0 Å². The molecule has 1 aromatic carbocycles. The molecule has 4 amide bonds. The molecule has 0 unspecified atom stereocenters. The molecular formula is C13H18N4O6. The maximum absolute atomic E-state index is 11.1. The maximum atomic E-state index is 11.1. The van der Waals surface area contributed by atoms with Crippen molar-refractivity contribution in [1.82, 2.24) is 16.3 Å². The van der Waals surface area contributed by atoms with Crippen LogP contribution in [0.1, 0.15) is 12.8 Å². The molecular weight excluding hydrogens is 308 g/mol. The van der Waals surface area contributed by atoms with Crippen molar-refractivity contribution in [3.63, 3.8) is 0 Å². The average Bonchev–Trinajstić information content (AvgIpc) is 2.55. The van der Waals surface area contributed by atoms with Crippen LogP contribution < -0.4 is 21.6 Å². The van der Waals surface area contributed by atoms with Gasteiger partial charge in [0.15, 0.2) is 0 Å². The van der Waals surface area contributed by atoms with Crippen LogP contribution in [0.2, 0.25) is 0 Å². The zero-order valence-electron chi connectivity index (χ0n) is 12.3. The summed E-state index contributed by atoms with van der Waals surface area (Å²) < 4.78 is 0. The Morgan fingerprint density at radius 1 is 0.826 bits per heavy atom. The first-order chi connectivity index (χ1) is 10.9. The first-order valence-electron chi connectivity index (χ1n) is 6.34. The fraction of sp³-hybridized carbons (Fsp3) is 0.231. The van der Waals surface area contributed by atoms with Gasteiger partial charge < -0.3 is 10.6 Å². The number of carbonyl (C=O) groups is 4. The van der Waals surface area contributed by atoms with Crippen LogP contribution in [0.3, 0.4) is 0 Å². The number of anilines is 1. The smallest absolute Gasteiger partial charge is 0.252 e. The normalized spacial score (nSPS) is 8.83. The quantitative estimate of drug-likeness (QED) is 0.235. The SMILES string of the molecule is CNC(=O)CC(=O)NO.O=C(CC(=O)Nc1ccccc1)NO. The highest BCUT2D eigenvalue weighted by atomic mass is 16.5. The summed E-state index contributed by atoms with van der Waals surface area (Å²) in [7, 11) is 1.41. The predicted molar refractivity (Wildman–Crippen MR) is 78.2 cm³/mol. The molecule has 0 aliphatic carbocycles. The zero-order valence-corrected chi connectivity index (χ0v) is 12.3. The molecule has 0 aliphatic heterocycles. The molecule has 126 valence electrons. The summed E-state index contributed by atoms with van der Waals surface area (Å²) in [6.07, 6.45) is -0.738. The van der Waals surface area contributed by atoms with E-state index in [9.17, 15) is 19.2 Å². The molecule has 0 atom stereocenters. The van der Waals surface area contributed by atoms with Crippen molar-refractivity contribution in [2.45, 2.75) is 12.8 Å². The van der Waals surface area contributed by atoms with Crippen molar-refractivity contribution in [2.24, 2.45) is 0 Å². The third-order valence-electron chi connectivity index (χ3n) is 2.23. The highest BCUT2D eigenvalue weighted by Crippen LogP contribution is 2.04. The predicted octanol–water partition coefficient (Wildman–Crippen LogP) is -0.851. The van der Waals surface area contributed by atoms with Crippen molar-refractivity contribution in [2.75, 3.05) is 12.4 Å². The Bertz CT molecular complexity index is 521. The summed E-state index contributed by atoms with van der Waals surface area (Å²) in [5, 5.41) is 20.8. The van der Waals surface area contributed by atoms with Gasteiger partial charge in [-0.25, -0.2) is 11.0 Å². The minimum absolute atomic E-state index is 0.340. The molecule has 1 rings (SSSR count). The largest absolute Gasteiger partial charge is 0.359 e. The summed E-state index contributed by atoms with van der Waals surface area (Å²) in [4.78, 5) is 42.1. The van der Waals surface area contributed by atoms with Crippen LogP contribution >= 0.6 is 0 Å². The summed E-state index contributed by atoms with van der Waals surface area (Å²) >= 11 is 0. The van der Waals surface area contributed by atoms with E-state index >= 15 is 0 Å². The topological polar surface area (TPSA) is 157 Å². The fourth-order valence-corrected chi connectivity index (χ4v) is 1.19. The van der Waals surface area contributed by atoms with E-state index < -0.39 is 30.0 Å². The van der Waals surface area contributed by atoms with Gasteiger partial charge in [-0.3, -0.25) is 29.6 Å². The van der Waals surface area contributed by atoms with E-state index in [0.29, 0.717) is 5.69 Å². The van der Waals surface area contributed by atoms with Crippen molar-refractivity contribution in [1.29, 1.82) is 0 Å². The van der Waals surface area contributed by atoms with E-state index in [1.807, 2.05) is 6.07 Å². The van der Waals surface area contributed by atoms with Gasteiger partial charge in [0.1, 0.15) is 12.8 Å². The minimum atomic E-state index is -0.738. The molecule has 23 heavy (non-hydrogen) atoms. The molecule has 0 spiro atoms. The number of carbonyl (C=O) groups excluding carboxylic acids is 4. The summed E-state index contributed by atoms with van der Waals surface area (Å²) in [6, 6.07) is 8.75. The average molecular weight is 326 g/mol. The highest BCUT2D eigenvalue weighted by molar-refractivity contribution is 6.03. The Morgan fingerprint density at radius 3 is 1.74 bits per heavy atom. The maximum Gasteiger partial charge on any atom is 0.252 e. The lowest BCUT2D eigenvalue weighted by atomic mass is 10.3. The van der Waals surface area contributed by atoms with Gasteiger partial charge in [0.2, 0.25) is 11.8 Å². The van der Waals surface area contributed by atoms with Crippen LogP contribution in [0, 0.1) is 0 Å². The number of hydroxylamine groups is 2. The minimum Gasteiger partial charge on any atom is -0.359 e. The van der Waals surface area contributed by atoms with Gasteiger partial charge in [-0.05, 0) is 12.1 Å². The number of amides is 4. The molecule has 0 aromatic heterocycles. The van der Waals surface area contributed by atoms with Gasteiger partial charge in [0, 0.05) is 12.7 Å².